The maximum Gasteiger partial charge on any atom is 0.129 e. The number of rotatable bonds is 1. The van der Waals surface area contributed by atoms with Crippen LogP contribution >= 0.6 is 11.6 Å². The summed E-state index contributed by atoms with van der Waals surface area (Å²) < 4.78 is 0. The molecule has 1 heterocycles. The molecular weight excluding hydrogens is 182 g/mol. The molecular formula is C11H16ClN. The van der Waals surface area contributed by atoms with E-state index in [9.17, 15) is 0 Å². The third-order valence-corrected chi connectivity index (χ3v) is 2.11. The fraction of sp³-hybridized carbons (Fsp3) is 0.545. The third kappa shape index (κ3) is 3.35. The number of hydrogen-bond acceptors (Lipinski definition) is 1. The molecule has 0 aliphatic carbocycles. The first-order chi connectivity index (χ1) is 5.88. The smallest absolute Gasteiger partial charge is 0.129 e. The second kappa shape index (κ2) is 3.67. The number of halogens is 1. The van der Waals surface area contributed by atoms with E-state index in [1.54, 1.807) is 0 Å². The maximum absolute atomic E-state index is 5.83. The highest BCUT2D eigenvalue weighted by atomic mass is 35.5. The lowest BCUT2D eigenvalue weighted by Crippen LogP contribution is -2.10. The highest BCUT2D eigenvalue weighted by molar-refractivity contribution is 6.29. The van der Waals surface area contributed by atoms with Crippen molar-refractivity contribution in [3.8, 4) is 0 Å². The first-order valence-corrected chi connectivity index (χ1v) is 4.87. The highest BCUT2D eigenvalue weighted by Gasteiger charge is 2.13. The summed E-state index contributed by atoms with van der Waals surface area (Å²) in [6, 6.07) is 1.96. The summed E-state index contributed by atoms with van der Waals surface area (Å²) in [6.45, 7) is 8.74. The molecule has 0 aromatic carbocycles. The number of nitrogens with zero attached hydrogens (tertiary/aromatic N) is 1. The van der Waals surface area contributed by atoms with E-state index in [-0.39, 0.29) is 0 Å². The average molecular weight is 198 g/mol. The van der Waals surface area contributed by atoms with Crippen LogP contribution in [0.15, 0.2) is 12.3 Å². The number of pyridine rings is 1. The van der Waals surface area contributed by atoms with Gasteiger partial charge in [0.2, 0.25) is 0 Å². The van der Waals surface area contributed by atoms with Crippen LogP contribution in [0.1, 0.15) is 31.9 Å². The Morgan fingerprint density at radius 1 is 1.38 bits per heavy atom. The molecule has 0 saturated heterocycles. The quantitative estimate of drug-likeness (QED) is 0.627. The summed E-state index contributed by atoms with van der Waals surface area (Å²) in [6.07, 6.45) is 2.88. The Balaban J connectivity index is 2.94. The van der Waals surface area contributed by atoms with Gasteiger partial charge in [-0.1, -0.05) is 32.4 Å². The number of hydrogen-bond donors (Lipinski definition) is 0. The summed E-state index contributed by atoms with van der Waals surface area (Å²) in [5.74, 6) is 0. The molecule has 0 unspecified atom stereocenters. The van der Waals surface area contributed by atoms with Gasteiger partial charge in [-0.3, -0.25) is 0 Å². The van der Waals surface area contributed by atoms with Gasteiger partial charge in [0.15, 0.2) is 0 Å². The van der Waals surface area contributed by atoms with Crippen LogP contribution in [0.5, 0.6) is 0 Å². The van der Waals surface area contributed by atoms with Crippen LogP contribution in [0, 0.1) is 12.3 Å². The minimum absolute atomic E-state index is 0.301. The van der Waals surface area contributed by atoms with Gasteiger partial charge in [-0.25, -0.2) is 4.98 Å². The molecule has 1 aromatic heterocycles. The fourth-order valence-corrected chi connectivity index (χ4v) is 1.48. The zero-order valence-electron chi connectivity index (χ0n) is 8.69. The average Bonchev–Trinajstić information content (AvgIpc) is 1.94. The van der Waals surface area contributed by atoms with Crippen molar-refractivity contribution in [1.29, 1.82) is 0 Å². The van der Waals surface area contributed by atoms with Crippen LogP contribution in [-0.2, 0) is 6.42 Å². The molecule has 0 fully saturated rings. The summed E-state index contributed by atoms with van der Waals surface area (Å²) >= 11 is 5.83. The van der Waals surface area contributed by atoms with E-state index < -0.39 is 0 Å². The molecule has 0 radical (unpaired) electrons. The molecule has 0 aliphatic heterocycles. The lowest BCUT2D eigenvalue weighted by Gasteiger charge is -2.19. The van der Waals surface area contributed by atoms with Gasteiger partial charge in [0.1, 0.15) is 5.15 Å². The molecule has 0 amide bonds. The lowest BCUT2D eigenvalue weighted by molar-refractivity contribution is 0.410. The molecule has 0 atom stereocenters. The maximum atomic E-state index is 5.83. The molecule has 2 heteroatoms. The van der Waals surface area contributed by atoms with Crippen molar-refractivity contribution in [2.45, 2.75) is 34.1 Å². The second-order valence-electron chi connectivity index (χ2n) is 4.67. The monoisotopic (exact) mass is 197 g/mol. The van der Waals surface area contributed by atoms with Crippen LogP contribution < -0.4 is 0 Å². The van der Waals surface area contributed by atoms with Crippen molar-refractivity contribution < 1.29 is 0 Å². The van der Waals surface area contributed by atoms with E-state index in [0.717, 1.165) is 6.42 Å². The van der Waals surface area contributed by atoms with Crippen molar-refractivity contribution in [3.63, 3.8) is 0 Å². The number of aryl methyl sites for hydroxylation is 1. The molecule has 0 saturated carbocycles. The largest absolute Gasteiger partial charge is 0.244 e. The first-order valence-electron chi connectivity index (χ1n) is 4.49. The predicted molar refractivity (Wildman–Crippen MR) is 57.1 cm³/mol. The Kier molecular flexibility index (Phi) is 2.97. The summed E-state index contributed by atoms with van der Waals surface area (Å²) in [5, 5.41) is 0.588. The van der Waals surface area contributed by atoms with E-state index in [2.05, 4.69) is 32.7 Å². The summed E-state index contributed by atoms with van der Waals surface area (Å²) in [4.78, 5) is 4.03. The molecule has 0 aliphatic rings. The third-order valence-electron chi connectivity index (χ3n) is 1.90. The fourth-order valence-electron chi connectivity index (χ4n) is 1.30. The van der Waals surface area contributed by atoms with Crippen LogP contribution in [0.2, 0.25) is 5.15 Å². The van der Waals surface area contributed by atoms with Crippen LogP contribution in [0.3, 0.4) is 0 Å². The molecule has 13 heavy (non-hydrogen) atoms. The van der Waals surface area contributed by atoms with E-state index in [4.69, 9.17) is 11.6 Å². The Morgan fingerprint density at radius 2 is 2.00 bits per heavy atom. The molecule has 1 aromatic rings. The first kappa shape index (κ1) is 10.5. The number of aromatic nitrogens is 1. The van der Waals surface area contributed by atoms with Crippen LogP contribution in [0.25, 0.3) is 0 Å². The normalized spacial score (nSPS) is 11.8. The molecule has 1 rings (SSSR count). The van der Waals surface area contributed by atoms with Crippen molar-refractivity contribution in [2.24, 2.45) is 5.41 Å². The van der Waals surface area contributed by atoms with E-state index in [1.165, 1.54) is 11.1 Å². The highest BCUT2D eigenvalue weighted by Crippen LogP contribution is 2.23. The Hall–Kier alpha value is -0.560. The summed E-state index contributed by atoms with van der Waals surface area (Å²) in [7, 11) is 0. The molecule has 0 N–H and O–H groups in total. The van der Waals surface area contributed by atoms with Crippen molar-refractivity contribution in [1.82, 2.24) is 4.98 Å². The predicted octanol–water partition coefficient (Wildman–Crippen LogP) is 3.63. The van der Waals surface area contributed by atoms with Gasteiger partial charge in [-0.15, -0.1) is 0 Å². The minimum atomic E-state index is 0.301. The molecule has 72 valence electrons. The van der Waals surface area contributed by atoms with Gasteiger partial charge in [-0.05, 0) is 36.0 Å². The van der Waals surface area contributed by atoms with Gasteiger partial charge in [-0.2, -0.15) is 0 Å². The lowest BCUT2D eigenvalue weighted by atomic mass is 9.87. The van der Waals surface area contributed by atoms with E-state index >= 15 is 0 Å². The summed E-state index contributed by atoms with van der Waals surface area (Å²) in [5.41, 5.74) is 2.82. The molecule has 1 nitrogen and oxygen atoms in total. The molecule has 0 bridgehead atoms. The van der Waals surface area contributed by atoms with Gasteiger partial charge in [0.25, 0.3) is 0 Å². The van der Waals surface area contributed by atoms with Gasteiger partial charge in [0, 0.05) is 6.20 Å². The standard InChI is InChI=1S/C11H16ClN/c1-8-7-13-10(12)5-9(8)6-11(2,3)4/h5,7H,6H2,1-4H3. The van der Waals surface area contributed by atoms with Crippen molar-refractivity contribution >= 4 is 11.6 Å². The molecule has 0 spiro atoms. The Bertz CT molecular complexity index is 299. The van der Waals surface area contributed by atoms with E-state index in [1.807, 2.05) is 12.3 Å². The SMILES string of the molecule is Cc1cnc(Cl)cc1CC(C)(C)C. The topological polar surface area (TPSA) is 12.9 Å². The Labute approximate surface area is 85.1 Å². The minimum Gasteiger partial charge on any atom is -0.244 e. The van der Waals surface area contributed by atoms with Gasteiger partial charge in [0.05, 0.1) is 0 Å². The van der Waals surface area contributed by atoms with Crippen LogP contribution in [-0.4, -0.2) is 4.98 Å². The van der Waals surface area contributed by atoms with Crippen LogP contribution in [0.4, 0.5) is 0 Å². The van der Waals surface area contributed by atoms with Gasteiger partial charge >= 0.3 is 0 Å². The Morgan fingerprint density at radius 3 is 2.54 bits per heavy atom. The van der Waals surface area contributed by atoms with E-state index in [0.29, 0.717) is 10.6 Å². The zero-order valence-corrected chi connectivity index (χ0v) is 9.44. The van der Waals surface area contributed by atoms with Crippen molar-refractivity contribution in [2.75, 3.05) is 0 Å². The van der Waals surface area contributed by atoms with Crippen molar-refractivity contribution in [3.05, 3.63) is 28.5 Å². The second-order valence-corrected chi connectivity index (χ2v) is 5.06. The van der Waals surface area contributed by atoms with Gasteiger partial charge < -0.3 is 0 Å². The zero-order chi connectivity index (χ0) is 10.1.